The van der Waals surface area contributed by atoms with Crippen molar-refractivity contribution in [3.05, 3.63) is 57.8 Å². The van der Waals surface area contributed by atoms with Crippen LogP contribution in [0.15, 0.2) is 29.8 Å². The van der Waals surface area contributed by atoms with Crippen LogP contribution < -0.4 is 16.2 Å². The van der Waals surface area contributed by atoms with Gasteiger partial charge < -0.3 is 5.32 Å². The molecule has 0 radical (unpaired) electrons. The van der Waals surface area contributed by atoms with Crippen LogP contribution in [0.25, 0.3) is 21.7 Å². The van der Waals surface area contributed by atoms with Gasteiger partial charge in [-0.1, -0.05) is 11.6 Å². The van der Waals surface area contributed by atoms with Crippen molar-refractivity contribution in [2.24, 2.45) is 0 Å². The molecule has 7 nitrogen and oxygen atoms in total. The second-order valence-electron chi connectivity index (χ2n) is 6.70. The molecule has 3 aromatic rings. The molecule has 3 rings (SSSR count). The Morgan fingerprint density at radius 3 is 2.52 bits per heavy atom. The summed E-state index contributed by atoms with van der Waals surface area (Å²) in [6, 6.07) is 2.36. The quantitative estimate of drug-likeness (QED) is 0.493. The monoisotopic (exact) mass is 465 g/mol. The zero-order chi connectivity index (χ0) is 22.7. The van der Waals surface area contributed by atoms with E-state index in [2.05, 4.69) is 26.1 Å². The number of halogens is 3. The maximum absolute atomic E-state index is 14.8. The van der Waals surface area contributed by atoms with Crippen LogP contribution in [0.1, 0.15) is 31.3 Å². The van der Waals surface area contributed by atoms with Crippen molar-refractivity contribution in [2.75, 3.05) is 0 Å². The van der Waals surface area contributed by atoms with Crippen LogP contribution in [0.2, 0.25) is 5.02 Å². The number of nitrogens with zero attached hydrogens (tertiary/aromatic N) is 2. The Morgan fingerprint density at radius 1 is 1.16 bits per heavy atom. The molecule has 1 aromatic carbocycles. The Labute approximate surface area is 185 Å². The Balaban J connectivity index is 1.93. The van der Waals surface area contributed by atoms with E-state index >= 15 is 0 Å². The molecular weight excluding hydrogens is 448 g/mol. The lowest BCUT2D eigenvalue weighted by Gasteiger charge is -2.16. The van der Waals surface area contributed by atoms with Crippen molar-refractivity contribution in [1.29, 1.82) is 0 Å². The average molecular weight is 466 g/mol. The predicted molar refractivity (Wildman–Crippen MR) is 114 cm³/mol. The van der Waals surface area contributed by atoms with Gasteiger partial charge in [0.1, 0.15) is 16.6 Å². The summed E-state index contributed by atoms with van der Waals surface area (Å²) in [4.78, 5) is 31.0. The number of hydrazine groups is 1. The Bertz CT molecular complexity index is 1150. The van der Waals surface area contributed by atoms with E-state index in [-0.39, 0.29) is 16.3 Å². The first-order chi connectivity index (χ1) is 14.7. The molecule has 0 saturated heterocycles. The van der Waals surface area contributed by atoms with Crippen LogP contribution >= 0.6 is 22.9 Å². The van der Waals surface area contributed by atoms with Crippen molar-refractivity contribution in [3.8, 4) is 21.7 Å². The van der Waals surface area contributed by atoms with Gasteiger partial charge in [-0.3, -0.25) is 15.2 Å². The molecule has 0 aliphatic carbocycles. The number of urea groups is 1. The summed E-state index contributed by atoms with van der Waals surface area (Å²) in [6.45, 7) is 4.55. The zero-order valence-corrected chi connectivity index (χ0v) is 18.3. The molecule has 2 aromatic heterocycles. The first-order valence-electron chi connectivity index (χ1n) is 9.06. The molecule has 1 atom stereocenters. The van der Waals surface area contributed by atoms with Crippen LogP contribution in [0.4, 0.5) is 13.6 Å². The van der Waals surface area contributed by atoms with Crippen molar-refractivity contribution in [2.45, 2.75) is 26.8 Å². The highest BCUT2D eigenvalue weighted by atomic mass is 35.5. The minimum Gasteiger partial charge on any atom is -0.329 e. The van der Waals surface area contributed by atoms with E-state index in [1.165, 1.54) is 49.6 Å². The largest absolute Gasteiger partial charge is 0.334 e. The number of nitrogens with one attached hydrogen (secondary N) is 3. The molecule has 0 aliphatic heterocycles. The van der Waals surface area contributed by atoms with Crippen molar-refractivity contribution < 1.29 is 18.4 Å². The van der Waals surface area contributed by atoms with E-state index in [4.69, 9.17) is 11.6 Å². The highest BCUT2D eigenvalue weighted by Crippen LogP contribution is 2.38. The highest BCUT2D eigenvalue weighted by Gasteiger charge is 2.20. The van der Waals surface area contributed by atoms with Gasteiger partial charge in [0, 0.05) is 34.8 Å². The van der Waals surface area contributed by atoms with Gasteiger partial charge >= 0.3 is 6.03 Å². The topological polar surface area (TPSA) is 96.0 Å². The van der Waals surface area contributed by atoms with Crippen LogP contribution in [0.3, 0.4) is 0 Å². The van der Waals surface area contributed by atoms with E-state index in [0.29, 0.717) is 16.1 Å². The number of pyridine rings is 1. The summed E-state index contributed by atoms with van der Waals surface area (Å²) in [5.41, 5.74) is 5.79. The van der Waals surface area contributed by atoms with E-state index < -0.39 is 29.6 Å². The molecular formula is C20H18ClF2N5O2S. The number of benzene rings is 1. The molecule has 2 heterocycles. The second kappa shape index (κ2) is 9.36. The van der Waals surface area contributed by atoms with Gasteiger partial charge in [0.15, 0.2) is 0 Å². The predicted octanol–water partition coefficient (Wildman–Crippen LogP) is 4.52. The molecule has 0 aliphatic rings. The van der Waals surface area contributed by atoms with Crippen LogP contribution in [0.5, 0.6) is 0 Å². The highest BCUT2D eigenvalue weighted by molar-refractivity contribution is 7.13. The molecule has 0 unspecified atom stereocenters. The van der Waals surface area contributed by atoms with Gasteiger partial charge in [-0.15, -0.1) is 11.3 Å². The lowest BCUT2D eigenvalue weighted by molar-refractivity contribution is -0.119. The molecule has 162 valence electrons. The fourth-order valence-corrected chi connectivity index (χ4v) is 3.91. The summed E-state index contributed by atoms with van der Waals surface area (Å²) < 4.78 is 29.6. The number of aromatic nitrogens is 2. The maximum atomic E-state index is 14.8. The van der Waals surface area contributed by atoms with E-state index in [1.807, 2.05) is 0 Å². The first-order valence-corrected chi connectivity index (χ1v) is 10.3. The third-order valence-corrected chi connectivity index (χ3v) is 5.37. The smallest absolute Gasteiger partial charge is 0.329 e. The molecule has 0 spiro atoms. The van der Waals surface area contributed by atoms with Crippen molar-refractivity contribution >= 4 is 34.9 Å². The maximum Gasteiger partial charge on any atom is 0.334 e. The number of hydrogen-bond acceptors (Lipinski definition) is 5. The number of thiazole rings is 1. The van der Waals surface area contributed by atoms with Gasteiger partial charge in [-0.2, -0.15) is 0 Å². The minimum absolute atomic E-state index is 0.0316. The fraction of sp³-hybridized carbons (Fsp3) is 0.200. The fourth-order valence-electron chi connectivity index (χ4n) is 2.85. The zero-order valence-electron chi connectivity index (χ0n) is 16.7. The molecule has 0 bridgehead atoms. The standard InChI is InChI=1S/C20H18ClF2N5O2S/c1-9-8-31-19(25-9)17-14(5-13(21)6-15(17)22)12-4-16(23)18(24-7-12)10(2)26-20(30)28-27-11(3)29/h4-8,10H,1-3H3,(H,27,29)(H2,26,28,30)/t10-/m1/s1. The number of rotatable bonds is 4. The normalized spacial score (nSPS) is 11.7. The number of hydrogen-bond donors (Lipinski definition) is 3. The molecule has 3 N–H and O–H groups in total. The van der Waals surface area contributed by atoms with Crippen LogP contribution in [-0.4, -0.2) is 21.9 Å². The lowest BCUT2D eigenvalue weighted by atomic mass is 10.00. The minimum atomic E-state index is -0.806. The van der Waals surface area contributed by atoms with Crippen molar-refractivity contribution in [1.82, 2.24) is 26.1 Å². The van der Waals surface area contributed by atoms with Gasteiger partial charge in [0.2, 0.25) is 5.91 Å². The summed E-state index contributed by atoms with van der Waals surface area (Å²) in [7, 11) is 0. The average Bonchev–Trinajstić information content (AvgIpc) is 3.11. The van der Waals surface area contributed by atoms with E-state index in [9.17, 15) is 18.4 Å². The lowest BCUT2D eigenvalue weighted by Crippen LogP contribution is -2.46. The van der Waals surface area contributed by atoms with E-state index in [1.54, 1.807) is 12.3 Å². The second-order valence-corrected chi connectivity index (χ2v) is 7.99. The van der Waals surface area contributed by atoms with Crippen LogP contribution in [0, 0.1) is 18.6 Å². The van der Waals surface area contributed by atoms with Gasteiger partial charge in [0.25, 0.3) is 0 Å². The summed E-state index contributed by atoms with van der Waals surface area (Å²) >= 11 is 7.30. The Morgan fingerprint density at radius 2 is 1.90 bits per heavy atom. The number of carbonyl (C=O) groups excluding carboxylic acids is 2. The van der Waals surface area contributed by atoms with Crippen LogP contribution in [-0.2, 0) is 4.79 Å². The third-order valence-electron chi connectivity index (χ3n) is 4.18. The summed E-state index contributed by atoms with van der Waals surface area (Å²) in [6.07, 6.45) is 1.37. The molecule has 3 amide bonds. The molecule has 11 heteroatoms. The SMILES string of the molecule is CC(=O)NNC(=O)N[C@H](C)c1ncc(-c2cc(Cl)cc(F)c2-c2nc(C)cs2)cc1F. The summed E-state index contributed by atoms with van der Waals surface area (Å²) in [5.74, 6) is -1.74. The molecule has 31 heavy (non-hydrogen) atoms. The number of carbonyl (C=O) groups is 2. The molecule has 0 fully saturated rings. The van der Waals surface area contributed by atoms with Gasteiger partial charge in [-0.25, -0.2) is 24.0 Å². The van der Waals surface area contributed by atoms with Gasteiger partial charge in [0.05, 0.1) is 17.3 Å². The third kappa shape index (κ3) is 5.33. The van der Waals surface area contributed by atoms with Crippen molar-refractivity contribution in [3.63, 3.8) is 0 Å². The Kier molecular flexibility index (Phi) is 6.81. The Hall–Kier alpha value is -3.11. The van der Waals surface area contributed by atoms with Gasteiger partial charge in [-0.05, 0) is 37.6 Å². The summed E-state index contributed by atoms with van der Waals surface area (Å²) in [5, 5.41) is 4.83. The number of amides is 3. The number of aryl methyl sites for hydroxylation is 1. The first kappa shape index (κ1) is 22.6. The molecule has 0 saturated carbocycles. The van der Waals surface area contributed by atoms with E-state index in [0.717, 1.165) is 5.69 Å².